The Kier molecular flexibility index (Phi) is 5.87. The molecular weight excluding hydrogens is 254 g/mol. The predicted octanol–water partition coefficient (Wildman–Crippen LogP) is 5.62. The van der Waals surface area contributed by atoms with Gasteiger partial charge in [0.25, 0.3) is 0 Å². The second kappa shape index (κ2) is 7.45. The van der Waals surface area contributed by atoms with Gasteiger partial charge in [0.2, 0.25) is 0 Å². The molecule has 0 saturated heterocycles. The van der Waals surface area contributed by atoms with Crippen LogP contribution in [0.1, 0.15) is 80.7 Å². The maximum absolute atomic E-state index is 3.90. The van der Waals surface area contributed by atoms with Gasteiger partial charge in [-0.1, -0.05) is 37.5 Å². The lowest BCUT2D eigenvalue weighted by atomic mass is 9.83. The van der Waals surface area contributed by atoms with Gasteiger partial charge in [-0.05, 0) is 76.0 Å². The van der Waals surface area contributed by atoms with E-state index in [1.165, 1.54) is 60.8 Å². The molecule has 0 amide bonds. The van der Waals surface area contributed by atoms with Crippen LogP contribution in [0.4, 0.5) is 0 Å². The summed E-state index contributed by atoms with van der Waals surface area (Å²) in [5.74, 6) is 0.992. The molecule has 1 heteroatoms. The molecule has 0 spiro atoms. The third-order valence-electron chi connectivity index (χ3n) is 5.20. The molecule has 0 aliphatic heterocycles. The molecule has 0 bridgehead atoms. The van der Waals surface area contributed by atoms with Gasteiger partial charge in [0.15, 0.2) is 0 Å². The minimum atomic E-state index is 0.471. The van der Waals surface area contributed by atoms with Crippen LogP contribution < -0.4 is 5.32 Å². The molecule has 1 fully saturated rings. The highest BCUT2D eigenvalue weighted by Crippen LogP contribution is 2.30. The second-order valence-corrected chi connectivity index (χ2v) is 7.21. The number of hydrogen-bond acceptors (Lipinski definition) is 1. The summed E-state index contributed by atoms with van der Waals surface area (Å²) in [6, 6.07) is 5.82. The van der Waals surface area contributed by atoms with Gasteiger partial charge in [0.1, 0.15) is 0 Å². The molecule has 1 N–H and O–H groups in total. The zero-order valence-electron chi connectivity index (χ0n) is 14.6. The van der Waals surface area contributed by atoms with Crippen molar-refractivity contribution >= 4 is 0 Å². The molecule has 118 valence electrons. The van der Waals surface area contributed by atoms with E-state index >= 15 is 0 Å². The average molecular weight is 287 g/mol. The first-order valence-electron chi connectivity index (χ1n) is 8.85. The van der Waals surface area contributed by atoms with Crippen LogP contribution in [0.2, 0.25) is 0 Å². The number of hydrogen-bond donors (Lipinski definition) is 1. The van der Waals surface area contributed by atoms with E-state index in [9.17, 15) is 0 Å². The molecule has 1 atom stereocenters. The number of benzene rings is 1. The molecule has 21 heavy (non-hydrogen) atoms. The van der Waals surface area contributed by atoms with E-state index in [4.69, 9.17) is 0 Å². The van der Waals surface area contributed by atoms with Gasteiger partial charge in [-0.25, -0.2) is 0 Å². The summed E-state index contributed by atoms with van der Waals surface area (Å²) in [4.78, 5) is 0. The Bertz CT molecular complexity index is 432. The first kappa shape index (κ1) is 16.5. The van der Waals surface area contributed by atoms with E-state index in [1.54, 1.807) is 0 Å². The fraction of sp³-hybridized carbons (Fsp3) is 0.700. The van der Waals surface area contributed by atoms with Crippen molar-refractivity contribution in [3.63, 3.8) is 0 Å². The minimum absolute atomic E-state index is 0.471. The Labute approximate surface area is 131 Å². The molecule has 1 aromatic carbocycles. The lowest BCUT2D eigenvalue weighted by Crippen LogP contribution is -2.35. The fourth-order valence-electron chi connectivity index (χ4n) is 4.34. The van der Waals surface area contributed by atoms with E-state index in [0.29, 0.717) is 12.1 Å². The van der Waals surface area contributed by atoms with Crippen molar-refractivity contribution < 1.29 is 0 Å². The van der Waals surface area contributed by atoms with Crippen LogP contribution >= 0.6 is 0 Å². The molecule has 0 heterocycles. The van der Waals surface area contributed by atoms with Crippen LogP contribution in [0.15, 0.2) is 12.1 Å². The number of nitrogens with one attached hydrogen (secondary N) is 1. The van der Waals surface area contributed by atoms with Crippen molar-refractivity contribution in [2.75, 3.05) is 0 Å². The van der Waals surface area contributed by atoms with Crippen LogP contribution in [0.3, 0.4) is 0 Å². The summed E-state index contributed by atoms with van der Waals surface area (Å²) in [7, 11) is 0. The minimum Gasteiger partial charge on any atom is -0.307 e. The molecule has 1 unspecified atom stereocenters. The zero-order valence-corrected chi connectivity index (χ0v) is 14.6. The average Bonchev–Trinajstić information content (AvgIpc) is 2.40. The van der Waals surface area contributed by atoms with E-state index < -0.39 is 0 Å². The Hall–Kier alpha value is -0.820. The third kappa shape index (κ3) is 4.32. The highest BCUT2D eigenvalue weighted by atomic mass is 14.9. The zero-order chi connectivity index (χ0) is 15.4. The van der Waals surface area contributed by atoms with Crippen LogP contribution in [-0.2, 0) is 0 Å². The van der Waals surface area contributed by atoms with Crippen LogP contribution in [0.5, 0.6) is 0 Å². The van der Waals surface area contributed by atoms with Crippen molar-refractivity contribution in [2.45, 2.75) is 85.2 Å². The first-order valence-corrected chi connectivity index (χ1v) is 8.85. The van der Waals surface area contributed by atoms with Crippen LogP contribution in [0.25, 0.3) is 0 Å². The normalized spacial score (nSPS) is 24.0. The standard InChI is InChI=1S/C20H33N/c1-6-7-18-8-10-19(11-9-18)21-17(5)20-15(3)12-14(2)13-16(20)4/h12-13,17-19,21H,6-11H2,1-5H3. The van der Waals surface area contributed by atoms with Gasteiger partial charge in [-0.2, -0.15) is 0 Å². The molecular formula is C20H33N. The van der Waals surface area contributed by atoms with E-state index in [0.717, 1.165) is 5.92 Å². The Morgan fingerprint density at radius 3 is 2.14 bits per heavy atom. The first-order chi connectivity index (χ1) is 10.0. The van der Waals surface area contributed by atoms with Crippen molar-refractivity contribution in [1.82, 2.24) is 5.32 Å². The molecule has 0 aromatic heterocycles. The quantitative estimate of drug-likeness (QED) is 0.741. The predicted molar refractivity (Wildman–Crippen MR) is 92.9 cm³/mol. The number of rotatable bonds is 5. The summed E-state index contributed by atoms with van der Waals surface area (Å²) < 4.78 is 0. The summed E-state index contributed by atoms with van der Waals surface area (Å²) in [6.07, 6.45) is 8.34. The molecule has 2 rings (SSSR count). The SMILES string of the molecule is CCCC1CCC(NC(C)c2c(C)cc(C)cc2C)CC1. The molecule has 1 aromatic rings. The highest BCUT2D eigenvalue weighted by molar-refractivity contribution is 5.39. The smallest absolute Gasteiger partial charge is 0.0299 e. The Morgan fingerprint density at radius 2 is 1.62 bits per heavy atom. The summed E-state index contributed by atoms with van der Waals surface area (Å²) in [5.41, 5.74) is 5.76. The molecule has 1 saturated carbocycles. The number of aryl methyl sites for hydroxylation is 3. The van der Waals surface area contributed by atoms with Gasteiger partial charge in [0.05, 0.1) is 0 Å². The lowest BCUT2D eigenvalue weighted by molar-refractivity contribution is 0.266. The second-order valence-electron chi connectivity index (χ2n) is 7.21. The van der Waals surface area contributed by atoms with E-state index in [2.05, 4.69) is 52.1 Å². The Morgan fingerprint density at radius 1 is 1.05 bits per heavy atom. The maximum Gasteiger partial charge on any atom is 0.0299 e. The largest absolute Gasteiger partial charge is 0.307 e. The van der Waals surface area contributed by atoms with Crippen LogP contribution in [0, 0.1) is 26.7 Å². The lowest BCUT2D eigenvalue weighted by Gasteiger charge is -2.32. The van der Waals surface area contributed by atoms with Crippen molar-refractivity contribution in [2.24, 2.45) is 5.92 Å². The third-order valence-corrected chi connectivity index (χ3v) is 5.20. The van der Waals surface area contributed by atoms with Crippen LogP contribution in [-0.4, -0.2) is 6.04 Å². The molecule has 1 aliphatic rings. The Balaban J connectivity index is 1.95. The van der Waals surface area contributed by atoms with Gasteiger partial charge in [-0.15, -0.1) is 0 Å². The summed E-state index contributed by atoms with van der Waals surface area (Å²) in [6.45, 7) is 11.4. The van der Waals surface area contributed by atoms with Crippen molar-refractivity contribution in [1.29, 1.82) is 0 Å². The van der Waals surface area contributed by atoms with Gasteiger partial charge >= 0.3 is 0 Å². The van der Waals surface area contributed by atoms with Crippen molar-refractivity contribution in [3.8, 4) is 0 Å². The monoisotopic (exact) mass is 287 g/mol. The van der Waals surface area contributed by atoms with Gasteiger partial charge in [0, 0.05) is 12.1 Å². The van der Waals surface area contributed by atoms with E-state index in [1.807, 2.05) is 0 Å². The summed E-state index contributed by atoms with van der Waals surface area (Å²) >= 11 is 0. The molecule has 1 nitrogen and oxygen atoms in total. The van der Waals surface area contributed by atoms with Crippen molar-refractivity contribution in [3.05, 3.63) is 34.4 Å². The highest BCUT2D eigenvalue weighted by Gasteiger charge is 2.22. The van der Waals surface area contributed by atoms with E-state index in [-0.39, 0.29) is 0 Å². The maximum atomic E-state index is 3.90. The molecule has 0 radical (unpaired) electrons. The summed E-state index contributed by atoms with van der Waals surface area (Å²) in [5, 5.41) is 3.90. The van der Waals surface area contributed by atoms with Gasteiger partial charge in [-0.3, -0.25) is 0 Å². The topological polar surface area (TPSA) is 12.0 Å². The fourth-order valence-corrected chi connectivity index (χ4v) is 4.34. The molecule has 1 aliphatic carbocycles. The van der Waals surface area contributed by atoms with Gasteiger partial charge < -0.3 is 5.32 Å².